The van der Waals surface area contributed by atoms with Crippen molar-refractivity contribution < 1.29 is 38.3 Å². The Labute approximate surface area is 346 Å². The number of hydrogen-bond donors (Lipinski definition) is 4. The van der Waals surface area contributed by atoms with Crippen LogP contribution in [0.5, 0.6) is 5.75 Å². The first-order valence-electron chi connectivity index (χ1n) is 20.7. The number of rotatable bonds is 13. The van der Waals surface area contributed by atoms with Crippen LogP contribution in [0.3, 0.4) is 0 Å². The number of likely N-dealkylation sites (tertiary alicyclic amines) is 2. The van der Waals surface area contributed by atoms with Gasteiger partial charge in [-0.15, -0.1) is 0 Å². The second-order valence-electron chi connectivity index (χ2n) is 16.1. The molecule has 4 N–H and O–H groups in total. The molecule has 1 aromatic heterocycles. The van der Waals surface area contributed by atoms with Gasteiger partial charge in [0.05, 0.1) is 28.7 Å². The van der Waals surface area contributed by atoms with Gasteiger partial charge in [-0.1, -0.05) is 6.07 Å². The van der Waals surface area contributed by atoms with E-state index in [0.717, 1.165) is 60.5 Å². The summed E-state index contributed by atoms with van der Waals surface area (Å²) < 4.78 is 5.67. The molecule has 0 saturated carbocycles. The molecule has 0 bridgehead atoms. The van der Waals surface area contributed by atoms with Crippen LogP contribution in [0.2, 0.25) is 0 Å². The van der Waals surface area contributed by atoms with Crippen LogP contribution in [0, 0.1) is 5.92 Å². The Kier molecular flexibility index (Phi) is 11.7. The minimum atomic E-state index is -1.10. The van der Waals surface area contributed by atoms with Crippen LogP contribution in [0.4, 0.5) is 5.69 Å². The quantitative estimate of drug-likeness (QED) is 0.113. The molecular formula is C44H48N8O8. The van der Waals surface area contributed by atoms with Crippen molar-refractivity contribution in [3.63, 3.8) is 0 Å². The molecular weight excluding hydrogens is 769 g/mol. The molecule has 16 nitrogen and oxygen atoms in total. The number of hydrogen-bond acceptors (Lipinski definition) is 10. The van der Waals surface area contributed by atoms with E-state index in [9.17, 15) is 33.6 Å². The number of H-pyrrole nitrogens is 1. The molecule has 60 heavy (non-hydrogen) atoms. The number of carbonyl (C=O) groups is 7. The van der Waals surface area contributed by atoms with Gasteiger partial charge in [0.25, 0.3) is 29.5 Å². The Morgan fingerprint density at radius 3 is 2.43 bits per heavy atom. The predicted molar refractivity (Wildman–Crippen MR) is 219 cm³/mol. The summed E-state index contributed by atoms with van der Waals surface area (Å²) in [6.07, 6.45) is 5.74. The maximum atomic E-state index is 13.3. The van der Waals surface area contributed by atoms with Crippen molar-refractivity contribution in [2.24, 2.45) is 5.92 Å². The monoisotopic (exact) mass is 816 g/mol. The number of ether oxygens (including phenoxy) is 1. The van der Waals surface area contributed by atoms with E-state index in [2.05, 4.69) is 32.8 Å². The largest absolute Gasteiger partial charge is 0.483 e. The molecule has 0 spiro atoms. The Balaban J connectivity index is 0.741. The Morgan fingerprint density at radius 1 is 0.900 bits per heavy atom. The van der Waals surface area contributed by atoms with Crippen molar-refractivity contribution in [3.8, 4) is 5.75 Å². The van der Waals surface area contributed by atoms with E-state index >= 15 is 0 Å². The maximum absolute atomic E-state index is 13.3. The van der Waals surface area contributed by atoms with E-state index in [4.69, 9.17) is 9.72 Å². The lowest BCUT2D eigenvalue weighted by Gasteiger charge is -2.32. The fourth-order valence-corrected chi connectivity index (χ4v) is 8.62. The third-order valence-corrected chi connectivity index (χ3v) is 12.0. The number of nitrogens with zero attached hydrogens (tertiary/aromatic N) is 4. The van der Waals surface area contributed by atoms with E-state index in [1.807, 2.05) is 23.1 Å². The third kappa shape index (κ3) is 8.64. The highest BCUT2D eigenvalue weighted by molar-refractivity contribution is 6.24. The Morgan fingerprint density at radius 2 is 1.68 bits per heavy atom. The van der Waals surface area contributed by atoms with Gasteiger partial charge in [0.2, 0.25) is 11.8 Å². The van der Waals surface area contributed by atoms with Gasteiger partial charge in [-0.25, -0.2) is 4.98 Å². The second-order valence-corrected chi connectivity index (χ2v) is 16.1. The molecule has 0 aliphatic carbocycles. The van der Waals surface area contributed by atoms with Gasteiger partial charge in [-0.3, -0.25) is 48.7 Å². The van der Waals surface area contributed by atoms with Gasteiger partial charge in [0.15, 0.2) is 6.61 Å². The maximum Gasteiger partial charge on any atom is 0.266 e. The van der Waals surface area contributed by atoms with Gasteiger partial charge >= 0.3 is 0 Å². The fourth-order valence-electron chi connectivity index (χ4n) is 8.62. The van der Waals surface area contributed by atoms with Crippen molar-refractivity contribution in [2.75, 3.05) is 38.1 Å². The van der Waals surface area contributed by atoms with Crippen molar-refractivity contribution >= 4 is 58.1 Å². The van der Waals surface area contributed by atoms with Gasteiger partial charge in [-0.2, -0.15) is 0 Å². The number of imidazole rings is 1. The van der Waals surface area contributed by atoms with Gasteiger partial charge in [0, 0.05) is 48.9 Å². The highest BCUT2D eigenvalue weighted by atomic mass is 16.5. The first kappa shape index (κ1) is 40.4. The summed E-state index contributed by atoms with van der Waals surface area (Å²) >= 11 is 0. The third-order valence-electron chi connectivity index (χ3n) is 12.0. The predicted octanol–water partition coefficient (Wildman–Crippen LogP) is 4.03. The van der Waals surface area contributed by atoms with E-state index in [1.165, 1.54) is 31.0 Å². The number of carbonyl (C=O) groups excluding carboxylic acids is 7. The highest BCUT2D eigenvalue weighted by Gasteiger charge is 2.46. The molecule has 4 aromatic rings. The lowest BCUT2D eigenvalue weighted by atomic mass is 9.92. The van der Waals surface area contributed by atoms with Gasteiger partial charge in [0.1, 0.15) is 17.6 Å². The van der Waals surface area contributed by atoms with Crippen LogP contribution in [-0.2, 0) is 20.9 Å². The number of amides is 7. The average molecular weight is 817 g/mol. The molecule has 16 heteroatoms. The molecule has 4 aliphatic rings. The van der Waals surface area contributed by atoms with Crippen molar-refractivity contribution in [3.05, 3.63) is 88.7 Å². The van der Waals surface area contributed by atoms with Gasteiger partial charge in [-0.05, 0) is 119 Å². The normalized spacial score (nSPS) is 19.8. The first-order chi connectivity index (χ1) is 29.0. The molecule has 3 fully saturated rings. The van der Waals surface area contributed by atoms with E-state index in [1.54, 1.807) is 24.3 Å². The highest BCUT2D eigenvalue weighted by Crippen LogP contribution is 2.34. The molecule has 4 aliphatic heterocycles. The zero-order valence-electron chi connectivity index (χ0n) is 33.5. The standard InChI is InChI=1S/C44H48N8O8/c1-26-5-4-20-51(26)24-36-47-32-14-13-30(23-33(32)48-36)46-40(55)28-9-11-29(12-10-28)42(57)50-21-17-27(18-22-50)6-3-19-45-38(54)25-60-35-8-2-7-31-39(35)44(59)52(43(31)58)34-15-16-37(53)49-41(34)56/h2,7-14,23,26-27,34H,3-6,15-22,24-25H2,1H3,(H,45,54)(H,46,55)(H,47,48)(H,49,53,56)/t26-,34?/m0/s1. The van der Waals surface area contributed by atoms with Crippen molar-refractivity contribution in [1.82, 2.24) is 35.3 Å². The Hall–Kier alpha value is -6.42. The van der Waals surface area contributed by atoms with Crippen molar-refractivity contribution in [2.45, 2.75) is 76.9 Å². The minimum absolute atomic E-state index is 0.0117. The lowest BCUT2D eigenvalue weighted by Crippen LogP contribution is -2.54. The zero-order valence-corrected chi connectivity index (χ0v) is 33.5. The smallest absolute Gasteiger partial charge is 0.266 e. The molecule has 1 unspecified atom stereocenters. The summed E-state index contributed by atoms with van der Waals surface area (Å²) in [5.41, 5.74) is 3.40. The number of fused-ring (bicyclic) bond motifs is 2. The van der Waals surface area contributed by atoms with Crippen LogP contribution in [0.1, 0.15) is 106 Å². The zero-order chi connectivity index (χ0) is 41.9. The number of piperidine rings is 2. The molecule has 8 rings (SSSR count). The van der Waals surface area contributed by atoms with Crippen LogP contribution < -0.4 is 20.7 Å². The molecule has 3 aromatic carbocycles. The Bertz CT molecular complexity index is 2350. The van der Waals surface area contributed by atoms with E-state index in [0.29, 0.717) is 48.4 Å². The van der Waals surface area contributed by atoms with Crippen LogP contribution in [0.25, 0.3) is 11.0 Å². The summed E-state index contributed by atoms with van der Waals surface area (Å²) in [5.74, 6) is -1.87. The summed E-state index contributed by atoms with van der Waals surface area (Å²) in [6, 6.07) is 16.3. The number of aromatic amines is 1. The SMILES string of the molecule is C[C@H]1CCCN1Cc1nc2cc(NC(=O)c3ccc(C(=O)N4CCC(CCCNC(=O)COc5cccc6c5C(=O)N(C5CCC(=O)NC5=O)C6=O)CC4)cc3)ccc2[nH]1. The van der Waals surface area contributed by atoms with E-state index in [-0.39, 0.29) is 54.0 Å². The van der Waals surface area contributed by atoms with Crippen LogP contribution >= 0.6 is 0 Å². The number of anilines is 1. The topological polar surface area (TPSA) is 203 Å². The summed E-state index contributed by atoms with van der Waals surface area (Å²) in [5, 5.41) is 7.96. The number of aromatic nitrogens is 2. The lowest BCUT2D eigenvalue weighted by molar-refractivity contribution is -0.136. The summed E-state index contributed by atoms with van der Waals surface area (Å²) in [6.45, 7) is 5.37. The van der Waals surface area contributed by atoms with Gasteiger partial charge < -0.3 is 25.3 Å². The second kappa shape index (κ2) is 17.4. The molecule has 0 radical (unpaired) electrons. The van der Waals surface area contributed by atoms with Crippen LogP contribution in [-0.4, -0.2) is 111 Å². The molecule has 312 valence electrons. The van der Waals surface area contributed by atoms with Crippen molar-refractivity contribution in [1.29, 1.82) is 0 Å². The van der Waals surface area contributed by atoms with E-state index < -0.39 is 29.7 Å². The number of imide groups is 2. The molecule has 7 amide bonds. The minimum Gasteiger partial charge on any atom is -0.483 e. The molecule has 2 atom stereocenters. The first-order valence-corrected chi connectivity index (χ1v) is 20.7. The molecule has 3 saturated heterocycles. The summed E-state index contributed by atoms with van der Waals surface area (Å²) in [7, 11) is 0. The number of nitrogens with one attached hydrogen (secondary N) is 4. The van der Waals surface area contributed by atoms with Crippen LogP contribution in [0.15, 0.2) is 60.7 Å². The molecule has 5 heterocycles. The summed E-state index contributed by atoms with van der Waals surface area (Å²) in [4.78, 5) is 103. The average Bonchev–Trinajstić information content (AvgIpc) is 3.93. The fraction of sp³-hybridized carbons (Fsp3) is 0.409. The number of benzene rings is 3.